The van der Waals surface area contributed by atoms with Crippen molar-refractivity contribution in [1.82, 2.24) is 39.0 Å². The molecule has 16 nitrogen and oxygen atoms in total. The number of carbonyl (C=O) groups is 4. The molecule has 9 rings (SSSR count). The number of ketones is 2. The van der Waals surface area contributed by atoms with Crippen molar-refractivity contribution in [2.24, 2.45) is 11.7 Å². The number of fused-ring (bicyclic) bond motifs is 3. The van der Waals surface area contributed by atoms with Crippen molar-refractivity contribution >= 4 is 51.2 Å². The van der Waals surface area contributed by atoms with E-state index >= 15 is 0 Å². The Bertz CT molecular complexity index is 2300. The van der Waals surface area contributed by atoms with Gasteiger partial charge in [-0.2, -0.15) is 18.2 Å². The van der Waals surface area contributed by atoms with E-state index in [9.17, 15) is 32.3 Å². The van der Waals surface area contributed by atoms with Gasteiger partial charge in [-0.15, -0.1) is 0 Å². The molecule has 328 valence electrons. The number of nitrogens with zero attached hydrogens (tertiary/aromatic N) is 8. The number of alkyl halides is 3. The number of halogens is 3. The van der Waals surface area contributed by atoms with Crippen LogP contribution < -0.4 is 16.6 Å². The lowest BCUT2D eigenvalue weighted by molar-refractivity contribution is -0.192. The van der Waals surface area contributed by atoms with Gasteiger partial charge in [-0.25, -0.2) is 9.78 Å². The number of allylic oxidation sites excluding steroid dienone is 1. The number of carbonyl (C=O) groups excluding carboxylic acids is 3. The minimum absolute atomic E-state index is 0.00546. The molecule has 4 saturated heterocycles. The molecule has 3 aromatic rings. The Morgan fingerprint density at radius 3 is 2.07 bits per heavy atom. The number of benzene rings is 1. The van der Waals surface area contributed by atoms with Crippen LogP contribution in [0.1, 0.15) is 57.1 Å². The van der Waals surface area contributed by atoms with Gasteiger partial charge in [0.1, 0.15) is 17.0 Å². The number of pyridine rings is 1. The van der Waals surface area contributed by atoms with Crippen LogP contribution in [-0.2, 0) is 25.7 Å². The van der Waals surface area contributed by atoms with E-state index in [1.54, 1.807) is 0 Å². The van der Waals surface area contributed by atoms with Crippen molar-refractivity contribution in [3.63, 3.8) is 0 Å². The first-order valence-corrected chi connectivity index (χ1v) is 21.0. The number of hydrogen-bond donors (Lipinski definition) is 3. The molecule has 1 amide bonds. The summed E-state index contributed by atoms with van der Waals surface area (Å²) in [7, 11) is 2.16. The van der Waals surface area contributed by atoms with Gasteiger partial charge >= 0.3 is 12.1 Å². The molecule has 4 N–H and O–H groups in total. The molecule has 2 aromatic heterocycles. The molecule has 1 saturated carbocycles. The van der Waals surface area contributed by atoms with Gasteiger partial charge in [0.15, 0.2) is 0 Å². The van der Waals surface area contributed by atoms with E-state index in [-0.39, 0.29) is 35.0 Å². The number of aliphatic carboxylic acids is 1. The number of amides is 1. The highest BCUT2D eigenvalue weighted by Gasteiger charge is 2.43. The second-order valence-corrected chi connectivity index (χ2v) is 16.4. The molecule has 0 atom stereocenters. The summed E-state index contributed by atoms with van der Waals surface area (Å²) in [5.74, 6) is -2.52. The quantitative estimate of drug-likeness (QED) is 0.111. The molecule has 0 radical (unpaired) electrons. The largest absolute Gasteiger partial charge is 0.490 e. The topological polar surface area (TPSA) is 190 Å². The maximum absolute atomic E-state index is 14.1. The third kappa shape index (κ3) is 10.3. The Morgan fingerprint density at radius 2 is 1.49 bits per heavy atom. The molecule has 6 heterocycles. The molecule has 4 aliphatic heterocycles. The lowest BCUT2D eigenvalue weighted by Gasteiger charge is -2.32. The van der Waals surface area contributed by atoms with E-state index in [4.69, 9.17) is 20.6 Å². The van der Waals surface area contributed by atoms with E-state index in [0.717, 1.165) is 121 Å². The fraction of sp³-hybridized carbons (Fsp3) is 0.548. The van der Waals surface area contributed by atoms with E-state index in [0.29, 0.717) is 46.9 Å². The highest BCUT2D eigenvalue weighted by Crippen LogP contribution is 2.36. The number of nitrogens with one attached hydrogen (secondary N) is 1. The van der Waals surface area contributed by atoms with Crippen LogP contribution in [0.25, 0.3) is 21.8 Å². The number of likely N-dealkylation sites (N-methyl/N-ethyl adjacent to an activating group) is 1. The number of aromatic nitrogens is 3. The number of nitrogens with two attached hydrogens (primary N) is 1. The molecule has 6 aliphatic rings. The molecule has 61 heavy (non-hydrogen) atoms. The van der Waals surface area contributed by atoms with E-state index in [2.05, 4.69) is 52.3 Å². The van der Waals surface area contributed by atoms with Crippen LogP contribution in [0, 0.1) is 5.92 Å². The third-order valence-corrected chi connectivity index (χ3v) is 11.8. The monoisotopic (exact) mass is 850 g/mol. The number of piperazine rings is 1. The van der Waals surface area contributed by atoms with Crippen LogP contribution in [0.3, 0.4) is 0 Å². The van der Waals surface area contributed by atoms with Gasteiger partial charge in [0.25, 0.3) is 5.56 Å². The smallest absolute Gasteiger partial charge is 0.475 e. The number of rotatable bonds is 11. The van der Waals surface area contributed by atoms with Crippen molar-refractivity contribution in [2.45, 2.75) is 64.2 Å². The summed E-state index contributed by atoms with van der Waals surface area (Å²) in [6.45, 7) is 13.4. The van der Waals surface area contributed by atoms with Crippen molar-refractivity contribution < 1.29 is 37.5 Å². The molecule has 5 fully saturated rings. The number of anilines is 1. The number of carboxylic acids is 1. The van der Waals surface area contributed by atoms with Gasteiger partial charge in [0.05, 0.1) is 5.70 Å². The van der Waals surface area contributed by atoms with E-state index in [1.165, 1.54) is 6.08 Å². The lowest BCUT2D eigenvalue weighted by Crippen LogP contribution is -2.43. The lowest BCUT2D eigenvalue weighted by atomic mass is 9.85. The van der Waals surface area contributed by atoms with Crippen LogP contribution in [0.2, 0.25) is 0 Å². The SMILES string of the molecule is CCCCNc1ncc2c3ccc(CN4CCN(C)CC4)cc3c(=O)n(C3CCC(C(N)=O)CC3)c2n1.O=C(O)C(F)(F)F.O=C1C=C(N2CC2)C(=O)C(N2CC2)=C1N1CC1. The van der Waals surface area contributed by atoms with Gasteiger partial charge in [0.2, 0.25) is 23.4 Å². The molecule has 1 aromatic carbocycles. The van der Waals surface area contributed by atoms with Crippen LogP contribution in [-0.4, -0.2) is 153 Å². The third-order valence-electron chi connectivity index (χ3n) is 11.8. The van der Waals surface area contributed by atoms with Gasteiger partial charge in [-0.3, -0.25) is 28.6 Å². The second kappa shape index (κ2) is 18.2. The Morgan fingerprint density at radius 1 is 0.869 bits per heavy atom. The summed E-state index contributed by atoms with van der Waals surface area (Å²) < 4.78 is 33.6. The Kier molecular flexibility index (Phi) is 13.0. The summed E-state index contributed by atoms with van der Waals surface area (Å²) in [4.78, 5) is 79.4. The molecule has 0 unspecified atom stereocenters. The predicted octanol–water partition coefficient (Wildman–Crippen LogP) is 2.93. The van der Waals surface area contributed by atoms with Gasteiger partial charge in [-0.05, 0) is 56.2 Å². The van der Waals surface area contributed by atoms with Crippen LogP contribution >= 0.6 is 0 Å². The summed E-state index contributed by atoms with van der Waals surface area (Å²) >= 11 is 0. The minimum atomic E-state index is -5.08. The van der Waals surface area contributed by atoms with Crippen molar-refractivity contribution in [3.05, 3.63) is 63.5 Å². The number of primary amides is 1. The molecular weight excluding hydrogens is 798 g/mol. The number of carboxylic acid groups (broad SMARTS) is 1. The van der Waals surface area contributed by atoms with Crippen LogP contribution in [0.4, 0.5) is 19.1 Å². The maximum atomic E-state index is 14.1. The fourth-order valence-electron chi connectivity index (χ4n) is 8.03. The molecule has 0 bridgehead atoms. The standard InChI is InChI=1S/C28H39N7O2.C12H13N3O2.C2HF3O2/c1-3-4-11-30-28-31-17-24-22-10-5-19(18-34-14-12-33(2)13-15-34)16-23(22)27(37)35(26(24)32-28)21-8-6-20(7-9-21)25(29)36;16-9-7-8(13-1-2-13)12(17)11(15-5-6-15)10(9)14-3-4-14;3-2(4,5)1(6)7/h5,10,16-17,20-21H,3-4,6-9,11-15,18H2,1-2H3,(H2,29,36)(H,30,31,32);7H,1-6H2;(H,6,7). The average Bonchev–Trinajstić information content (AvgIpc) is 4.06. The van der Waals surface area contributed by atoms with E-state index < -0.39 is 12.1 Å². The van der Waals surface area contributed by atoms with Gasteiger partial charge < -0.3 is 35.8 Å². The zero-order chi connectivity index (χ0) is 43.6. The maximum Gasteiger partial charge on any atom is 0.490 e. The van der Waals surface area contributed by atoms with Crippen LogP contribution in [0.15, 0.2) is 52.4 Å². The number of Topliss-reactive ketones (excluding diaryl/α,β-unsaturated/α-hetero) is 1. The molecule has 0 spiro atoms. The Balaban J connectivity index is 0.000000190. The van der Waals surface area contributed by atoms with Gasteiger partial charge in [-0.1, -0.05) is 25.5 Å². The normalized spacial score (nSPS) is 21.7. The molecule has 19 heteroatoms. The number of hydrogen-bond acceptors (Lipinski definition) is 13. The van der Waals surface area contributed by atoms with Crippen molar-refractivity contribution in [1.29, 1.82) is 0 Å². The first kappa shape index (κ1) is 43.5. The van der Waals surface area contributed by atoms with Gasteiger partial charge in [0, 0.05) is 114 Å². The summed E-state index contributed by atoms with van der Waals surface area (Å²) in [5, 5.41) is 12.9. The first-order valence-electron chi connectivity index (χ1n) is 21.0. The highest BCUT2D eigenvalue weighted by atomic mass is 19.4. The predicted molar refractivity (Wildman–Crippen MR) is 221 cm³/mol. The minimum Gasteiger partial charge on any atom is -0.475 e. The zero-order valence-corrected chi connectivity index (χ0v) is 34.5. The average molecular weight is 851 g/mol. The first-order chi connectivity index (χ1) is 29.1. The highest BCUT2D eigenvalue weighted by molar-refractivity contribution is 6.22. The summed E-state index contributed by atoms with van der Waals surface area (Å²) in [5.41, 5.74) is 9.27. The van der Waals surface area contributed by atoms with E-state index in [1.807, 2.05) is 25.5 Å². The summed E-state index contributed by atoms with van der Waals surface area (Å²) in [6, 6.07) is 6.24. The summed E-state index contributed by atoms with van der Waals surface area (Å²) in [6.07, 6.45) is 3.26. The number of unbranched alkanes of at least 4 members (excludes halogenated alkanes) is 1. The fourth-order valence-corrected chi connectivity index (χ4v) is 8.03. The zero-order valence-electron chi connectivity index (χ0n) is 34.5. The Labute approximate surface area is 350 Å². The second-order valence-electron chi connectivity index (χ2n) is 16.4. The van der Waals surface area contributed by atoms with Crippen molar-refractivity contribution in [2.75, 3.05) is 84.4 Å². The van der Waals surface area contributed by atoms with Crippen molar-refractivity contribution in [3.8, 4) is 0 Å². The Hall–Kier alpha value is -5.56. The molecular formula is C42H53F3N10O6. The molecule has 2 aliphatic carbocycles. The van der Waals surface area contributed by atoms with Crippen LogP contribution in [0.5, 0.6) is 0 Å².